The third-order valence-electron chi connectivity index (χ3n) is 2.80. The summed E-state index contributed by atoms with van der Waals surface area (Å²) in [5.41, 5.74) is 0. The van der Waals surface area contributed by atoms with E-state index >= 15 is 0 Å². The predicted molar refractivity (Wildman–Crippen MR) is 52.5 cm³/mol. The summed E-state index contributed by atoms with van der Waals surface area (Å²) in [6, 6.07) is 2.65. The number of hydrogen-bond acceptors (Lipinski definition) is 2. The number of rotatable bonds is 6. The number of alkyl halides is 3. The molecular weight excluding hydrogens is 293 g/mol. The molecule has 92 valence electrons. The van der Waals surface area contributed by atoms with Gasteiger partial charge < -0.3 is 0 Å². The molecule has 0 saturated heterocycles. The molecule has 0 atom stereocenters. The molecule has 1 amide bonds. The van der Waals surface area contributed by atoms with Crippen LogP contribution in [0.4, 0.5) is 13.2 Å². The van der Waals surface area contributed by atoms with E-state index in [2.05, 4.69) is 0 Å². The summed E-state index contributed by atoms with van der Waals surface area (Å²) in [5, 5.41) is 0. The number of carbonyl (C=O) groups excluding carboxylic acids is 1. The van der Waals surface area contributed by atoms with Crippen LogP contribution in [0.1, 0.15) is 20.8 Å². The van der Waals surface area contributed by atoms with Gasteiger partial charge in [0.15, 0.2) is 0 Å². The van der Waals surface area contributed by atoms with Crippen molar-refractivity contribution in [3.8, 4) is 0 Å². The topological polar surface area (TPSA) is 38.3 Å². The number of amides is 1. The number of hydrogen-bond donors (Lipinski definition) is 1. The van der Waals surface area contributed by atoms with Crippen molar-refractivity contribution in [2.75, 3.05) is 0 Å². The van der Waals surface area contributed by atoms with Gasteiger partial charge in [-0.1, -0.05) is 0 Å². The molecule has 0 aromatic rings. The van der Waals surface area contributed by atoms with Crippen molar-refractivity contribution in [3.63, 3.8) is 0 Å². The van der Waals surface area contributed by atoms with E-state index in [1.807, 2.05) is 24.8 Å². The zero-order chi connectivity index (χ0) is 12.8. The maximum atomic E-state index is 11.9. The summed E-state index contributed by atoms with van der Waals surface area (Å²) < 4.78 is 43.2. The van der Waals surface area contributed by atoms with Gasteiger partial charge in [0.25, 0.3) is 0 Å². The Hall–Kier alpha value is 0.0603. The van der Waals surface area contributed by atoms with E-state index in [1.165, 1.54) is 0 Å². The van der Waals surface area contributed by atoms with Crippen LogP contribution in [0.2, 0.25) is 18.1 Å². The molecular formula is C8H16F3NO2SiZn. The summed E-state index contributed by atoms with van der Waals surface area (Å²) in [6.45, 7) is 5.98. The van der Waals surface area contributed by atoms with Gasteiger partial charge in [-0.15, -0.1) is 0 Å². The van der Waals surface area contributed by atoms with Gasteiger partial charge in [0.1, 0.15) is 0 Å². The van der Waals surface area contributed by atoms with Crippen molar-refractivity contribution in [1.82, 2.24) is 4.06 Å². The van der Waals surface area contributed by atoms with Crippen LogP contribution in [-0.4, -0.2) is 20.4 Å². The van der Waals surface area contributed by atoms with E-state index in [-0.39, 0.29) is 0 Å². The first-order chi connectivity index (χ1) is 7.31. The van der Waals surface area contributed by atoms with Crippen LogP contribution < -0.4 is 4.06 Å². The quantitative estimate of drug-likeness (QED) is 0.766. The van der Waals surface area contributed by atoms with Gasteiger partial charge >= 0.3 is 102 Å². The fraction of sp³-hybridized carbons (Fsp3) is 0.875. The van der Waals surface area contributed by atoms with Crippen LogP contribution in [0.5, 0.6) is 0 Å². The van der Waals surface area contributed by atoms with Crippen molar-refractivity contribution in [1.29, 1.82) is 0 Å². The van der Waals surface area contributed by atoms with Crippen LogP contribution in [-0.2, 0) is 25.8 Å². The van der Waals surface area contributed by atoms with E-state index in [4.69, 9.17) is 3.25 Å². The van der Waals surface area contributed by atoms with Crippen LogP contribution in [0.25, 0.3) is 0 Å². The molecule has 0 fully saturated rings. The van der Waals surface area contributed by atoms with Crippen molar-refractivity contribution in [2.45, 2.75) is 45.1 Å². The second kappa shape index (κ2) is 6.71. The van der Waals surface area contributed by atoms with Crippen molar-refractivity contribution in [3.05, 3.63) is 0 Å². The van der Waals surface area contributed by atoms with Gasteiger partial charge in [0, 0.05) is 0 Å². The second-order valence-electron chi connectivity index (χ2n) is 3.54. The second-order valence-corrected chi connectivity index (χ2v) is 11.5. The fourth-order valence-corrected chi connectivity index (χ4v) is 10.8. The van der Waals surface area contributed by atoms with Gasteiger partial charge in [-0.25, -0.2) is 0 Å². The van der Waals surface area contributed by atoms with Crippen LogP contribution in [0.3, 0.4) is 0 Å². The van der Waals surface area contributed by atoms with Crippen LogP contribution in [0.15, 0.2) is 0 Å². The minimum atomic E-state index is -4.79. The molecule has 0 bridgehead atoms. The summed E-state index contributed by atoms with van der Waals surface area (Å²) in [7, 11) is -1.84. The molecule has 3 nitrogen and oxygen atoms in total. The average Bonchev–Trinajstić information content (AvgIpc) is 2.23. The molecule has 0 heterocycles. The average molecular weight is 309 g/mol. The van der Waals surface area contributed by atoms with Gasteiger partial charge in [-0.05, 0) is 0 Å². The van der Waals surface area contributed by atoms with E-state index in [0.29, 0.717) is 0 Å². The molecule has 1 N–H and O–H groups in total. The van der Waals surface area contributed by atoms with Crippen LogP contribution in [0, 0.1) is 0 Å². The molecule has 0 aromatic heterocycles. The third kappa shape index (κ3) is 4.93. The first-order valence-electron chi connectivity index (χ1n) is 5.30. The Morgan fingerprint density at radius 2 is 1.69 bits per heavy atom. The summed E-state index contributed by atoms with van der Waals surface area (Å²) in [5.74, 6) is -1.86. The molecule has 0 rings (SSSR count). The fourth-order valence-electron chi connectivity index (χ4n) is 1.41. The van der Waals surface area contributed by atoms with E-state index in [9.17, 15) is 18.0 Å². The molecule has 0 aliphatic rings. The first-order valence-corrected chi connectivity index (χ1v) is 10.5. The van der Waals surface area contributed by atoms with E-state index in [0.717, 1.165) is 18.1 Å². The maximum absolute atomic E-state index is 11.9. The Morgan fingerprint density at radius 3 is 2.00 bits per heavy atom. The number of nitrogens with one attached hydrogen (secondary N) is 1. The van der Waals surface area contributed by atoms with Crippen LogP contribution >= 0.6 is 0 Å². The Morgan fingerprint density at radius 1 is 1.25 bits per heavy atom. The summed E-state index contributed by atoms with van der Waals surface area (Å²) >= 11 is -2.05. The van der Waals surface area contributed by atoms with Crippen molar-refractivity contribution >= 4 is 14.2 Å². The summed E-state index contributed by atoms with van der Waals surface area (Å²) in [4.78, 5) is 10.6. The third-order valence-corrected chi connectivity index (χ3v) is 13.2. The Labute approximate surface area is 103 Å². The van der Waals surface area contributed by atoms with Gasteiger partial charge in [-0.3, -0.25) is 0 Å². The number of carbonyl (C=O) groups is 1. The zero-order valence-electron chi connectivity index (χ0n) is 9.78. The molecule has 0 aromatic carbocycles. The Bertz CT molecular complexity index is 226. The summed E-state index contributed by atoms with van der Waals surface area (Å²) in [6.07, 6.45) is -4.79. The van der Waals surface area contributed by atoms with E-state index in [1.54, 1.807) is 0 Å². The normalized spacial score (nSPS) is 12.1. The minimum absolute atomic E-state index is 0.882. The monoisotopic (exact) mass is 307 g/mol. The molecule has 0 unspecified atom stereocenters. The first kappa shape index (κ1) is 16.1. The SMILES string of the molecule is CC[Si](CC)(CC)[O][Zn][NH]C(=O)C(F)(F)F. The van der Waals surface area contributed by atoms with Gasteiger partial charge in [-0.2, -0.15) is 0 Å². The van der Waals surface area contributed by atoms with Gasteiger partial charge in [0.2, 0.25) is 0 Å². The zero-order valence-corrected chi connectivity index (χ0v) is 13.7. The Balaban J connectivity index is 4.11. The number of halogens is 3. The van der Waals surface area contributed by atoms with E-state index < -0.39 is 38.1 Å². The molecule has 16 heavy (non-hydrogen) atoms. The standard InChI is InChI=1S/C6H15OSi.C2H2F3NO.Zn/c1-4-8(7,5-2)6-3;3-2(4,5)1(6)7;/h4-6H2,1-3H3;(H2,6,7);/q-1;;+2/p-1. The predicted octanol–water partition coefficient (Wildman–Crippen LogP) is 2.60. The molecule has 8 heteroatoms. The molecule has 0 radical (unpaired) electrons. The van der Waals surface area contributed by atoms with Crippen molar-refractivity contribution in [2.24, 2.45) is 0 Å². The van der Waals surface area contributed by atoms with Gasteiger partial charge in [0.05, 0.1) is 0 Å². The van der Waals surface area contributed by atoms with Crippen molar-refractivity contribution < 1.29 is 38.9 Å². The molecule has 0 saturated carbocycles. The molecule has 0 aliphatic carbocycles. The molecule has 0 aliphatic heterocycles. The molecule has 0 spiro atoms. The Kier molecular flexibility index (Phi) is 6.74.